The summed E-state index contributed by atoms with van der Waals surface area (Å²) < 4.78 is 44.5. The summed E-state index contributed by atoms with van der Waals surface area (Å²) in [6, 6.07) is 1.83. The van der Waals surface area contributed by atoms with E-state index < -0.39 is 26.0 Å². The van der Waals surface area contributed by atoms with Crippen molar-refractivity contribution in [2.45, 2.75) is 51.7 Å². The van der Waals surface area contributed by atoms with Gasteiger partial charge in [-0.2, -0.15) is 13.2 Å². The Labute approximate surface area is 143 Å². The molecule has 0 heterocycles. The fraction of sp³-hybridized carbons (Fsp3) is 0.533. The highest BCUT2D eigenvalue weighted by atomic mass is 79.9. The molecule has 0 radical (unpaired) electrons. The van der Waals surface area contributed by atoms with Gasteiger partial charge in [0.05, 0.1) is 17.7 Å². The molecule has 1 aromatic rings. The number of rotatable bonds is 4. The fourth-order valence-corrected chi connectivity index (χ4v) is 3.19. The Balaban J connectivity index is 3.23. The summed E-state index contributed by atoms with van der Waals surface area (Å²) in [4.78, 5) is 11.3. The van der Waals surface area contributed by atoms with Crippen LogP contribution in [-0.4, -0.2) is 19.4 Å². The molecule has 1 N–H and O–H groups in total. The van der Waals surface area contributed by atoms with E-state index in [0.29, 0.717) is 6.07 Å². The lowest BCUT2D eigenvalue weighted by atomic mass is 10.0. The summed E-state index contributed by atoms with van der Waals surface area (Å²) in [6.45, 7) is 10.0. The first-order chi connectivity index (χ1) is 10.2. The first-order valence-corrected chi connectivity index (χ1v) is 10.6. The zero-order valence-electron chi connectivity index (χ0n) is 13.6. The SMILES string of the molecule is CC(C)(C)[Si](C)(C)OCc1cc(Br)c(C(F)(F)F)cc1C(=O)O. The summed E-state index contributed by atoms with van der Waals surface area (Å²) in [6.07, 6.45) is -4.62. The summed E-state index contributed by atoms with van der Waals surface area (Å²) >= 11 is 2.87. The third-order valence-electron chi connectivity index (χ3n) is 4.12. The normalized spacial score (nSPS) is 13.3. The molecule has 0 atom stereocenters. The molecule has 0 saturated carbocycles. The van der Waals surface area contributed by atoms with Crippen LogP contribution in [0.15, 0.2) is 16.6 Å². The Bertz CT molecular complexity index is 607. The number of halogens is 4. The largest absolute Gasteiger partial charge is 0.478 e. The molecule has 0 spiro atoms. The van der Waals surface area contributed by atoms with Crippen LogP contribution in [0.3, 0.4) is 0 Å². The van der Waals surface area contributed by atoms with E-state index in [4.69, 9.17) is 4.43 Å². The number of benzene rings is 1. The molecule has 8 heteroatoms. The number of aromatic carboxylic acids is 1. The molecular weight excluding hydrogens is 393 g/mol. The van der Waals surface area contributed by atoms with Crippen molar-refractivity contribution in [2.24, 2.45) is 0 Å². The lowest BCUT2D eigenvalue weighted by molar-refractivity contribution is -0.138. The van der Waals surface area contributed by atoms with E-state index in [1.54, 1.807) is 0 Å². The molecule has 0 aliphatic carbocycles. The molecule has 0 saturated heterocycles. The van der Waals surface area contributed by atoms with Gasteiger partial charge in [-0.15, -0.1) is 0 Å². The van der Waals surface area contributed by atoms with E-state index in [0.717, 1.165) is 0 Å². The molecule has 0 aliphatic heterocycles. The van der Waals surface area contributed by atoms with E-state index in [1.165, 1.54) is 6.07 Å². The fourth-order valence-electron chi connectivity index (χ4n) is 1.62. The first-order valence-electron chi connectivity index (χ1n) is 6.93. The van der Waals surface area contributed by atoms with Gasteiger partial charge in [0, 0.05) is 4.47 Å². The molecule has 0 aromatic heterocycles. The first kappa shape index (κ1) is 20.2. The van der Waals surface area contributed by atoms with Gasteiger partial charge in [-0.25, -0.2) is 4.79 Å². The van der Waals surface area contributed by atoms with Crippen molar-refractivity contribution in [1.29, 1.82) is 0 Å². The van der Waals surface area contributed by atoms with Gasteiger partial charge >= 0.3 is 12.1 Å². The number of carboxylic acid groups (broad SMARTS) is 1. The minimum Gasteiger partial charge on any atom is -0.478 e. The second-order valence-corrected chi connectivity index (χ2v) is 12.5. The summed E-state index contributed by atoms with van der Waals surface area (Å²) in [7, 11) is -2.14. The van der Waals surface area contributed by atoms with Gasteiger partial charge in [0.1, 0.15) is 0 Å². The van der Waals surface area contributed by atoms with Crippen molar-refractivity contribution in [3.63, 3.8) is 0 Å². The van der Waals surface area contributed by atoms with E-state index in [-0.39, 0.29) is 27.2 Å². The Kier molecular flexibility index (Phi) is 5.76. The highest BCUT2D eigenvalue weighted by Gasteiger charge is 2.38. The number of hydrogen-bond donors (Lipinski definition) is 1. The van der Waals surface area contributed by atoms with Crippen LogP contribution in [0.2, 0.25) is 18.1 Å². The molecule has 0 aliphatic rings. The Morgan fingerprint density at radius 2 is 1.78 bits per heavy atom. The molecular formula is C15H20BrF3O3Si. The van der Waals surface area contributed by atoms with E-state index in [2.05, 4.69) is 15.9 Å². The van der Waals surface area contributed by atoms with Gasteiger partial charge < -0.3 is 9.53 Å². The standard InChI is InChI=1S/C15H20BrF3O3Si/c1-14(2,3)23(4,5)22-8-9-6-12(16)11(15(17,18)19)7-10(9)13(20)21/h6-7H,8H2,1-5H3,(H,20,21). The van der Waals surface area contributed by atoms with Gasteiger partial charge in [-0.05, 0) is 35.8 Å². The third kappa shape index (κ3) is 4.81. The molecule has 1 aromatic carbocycles. The minimum absolute atomic E-state index is 0.0329. The number of carboxylic acids is 1. The van der Waals surface area contributed by atoms with Crippen molar-refractivity contribution in [1.82, 2.24) is 0 Å². The summed E-state index contributed by atoms with van der Waals surface area (Å²) in [5.74, 6) is -1.41. The Morgan fingerprint density at radius 1 is 1.26 bits per heavy atom. The maximum Gasteiger partial charge on any atom is 0.417 e. The average Bonchev–Trinajstić information content (AvgIpc) is 2.33. The van der Waals surface area contributed by atoms with Crippen LogP contribution in [0.4, 0.5) is 13.2 Å². The highest BCUT2D eigenvalue weighted by molar-refractivity contribution is 9.10. The molecule has 1 rings (SSSR count). The van der Waals surface area contributed by atoms with Crippen LogP contribution in [-0.2, 0) is 17.2 Å². The number of alkyl halides is 3. The molecule has 23 heavy (non-hydrogen) atoms. The van der Waals surface area contributed by atoms with Crippen LogP contribution < -0.4 is 0 Å². The van der Waals surface area contributed by atoms with E-state index in [1.807, 2.05) is 33.9 Å². The predicted octanol–water partition coefficient (Wildman–Crippen LogP) is 5.69. The van der Waals surface area contributed by atoms with Crippen LogP contribution in [0, 0.1) is 0 Å². The van der Waals surface area contributed by atoms with Gasteiger partial charge in [0.25, 0.3) is 0 Å². The minimum atomic E-state index is -4.62. The van der Waals surface area contributed by atoms with E-state index >= 15 is 0 Å². The monoisotopic (exact) mass is 412 g/mol. The Morgan fingerprint density at radius 3 is 2.17 bits per heavy atom. The van der Waals surface area contributed by atoms with Crippen LogP contribution in [0.5, 0.6) is 0 Å². The quantitative estimate of drug-likeness (QED) is 0.646. The zero-order valence-corrected chi connectivity index (χ0v) is 16.2. The van der Waals surface area contributed by atoms with Crippen LogP contribution in [0.1, 0.15) is 42.3 Å². The van der Waals surface area contributed by atoms with E-state index in [9.17, 15) is 23.1 Å². The molecule has 0 unspecified atom stereocenters. The van der Waals surface area contributed by atoms with Gasteiger partial charge in [-0.1, -0.05) is 36.7 Å². The van der Waals surface area contributed by atoms with Crippen molar-refractivity contribution in [2.75, 3.05) is 0 Å². The topological polar surface area (TPSA) is 46.5 Å². The lowest BCUT2D eigenvalue weighted by Crippen LogP contribution is -2.40. The van der Waals surface area contributed by atoms with Crippen molar-refractivity contribution in [3.8, 4) is 0 Å². The molecule has 0 fully saturated rings. The van der Waals surface area contributed by atoms with Gasteiger partial charge in [0.2, 0.25) is 0 Å². The summed E-state index contributed by atoms with van der Waals surface area (Å²) in [5.41, 5.74) is -1.17. The highest BCUT2D eigenvalue weighted by Crippen LogP contribution is 2.39. The Hall–Kier alpha value is -0.863. The summed E-state index contributed by atoms with van der Waals surface area (Å²) in [5, 5.41) is 9.13. The third-order valence-corrected chi connectivity index (χ3v) is 9.26. The smallest absolute Gasteiger partial charge is 0.417 e. The second kappa shape index (κ2) is 6.56. The number of carbonyl (C=O) groups is 1. The molecule has 3 nitrogen and oxygen atoms in total. The molecule has 0 amide bonds. The molecule has 0 bridgehead atoms. The van der Waals surface area contributed by atoms with Crippen molar-refractivity contribution in [3.05, 3.63) is 33.3 Å². The zero-order chi connectivity index (χ0) is 18.2. The predicted molar refractivity (Wildman–Crippen MR) is 88.1 cm³/mol. The average molecular weight is 413 g/mol. The van der Waals surface area contributed by atoms with Crippen LogP contribution >= 0.6 is 15.9 Å². The maximum atomic E-state index is 12.9. The van der Waals surface area contributed by atoms with Gasteiger partial charge in [-0.3, -0.25) is 0 Å². The van der Waals surface area contributed by atoms with Crippen molar-refractivity contribution < 1.29 is 27.5 Å². The van der Waals surface area contributed by atoms with Crippen molar-refractivity contribution >= 4 is 30.2 Å². The lowest BCUT2D eigenvalue weighted by Gasteiger charge is -2.36. The molecule has 130 valence electrons. The van der Waals surface area contributed by atoms with Gasteiger partial charge in [0.15, 0.2) is 8.32 Å². The maximum absolute atomic E-state index is 12.9. The number of hydrogen-bond acceptors (Lipinski definition) is 2. The second-order valence-electron chi connectivity index (χ2n) is 6.84. The van der Waals surface area contributed by atoms with Crippen LogP contribution in [0.25, 0.3) is 0 Å².